The van der Waals surface area contributed by atoms with Crippen LogP contribution in [0.4, 0.5) is 19.0 Å². The monoisotopic (exact) mass is 390 g/mol. The molecule has 1 saturated heterocycles. The number of hydrogen-bond donors (Lipinski definition) is 0. The number of imidazole rings is 1. The molecule has 0 amide bonds. The van der Waals surface area contributed by atoms with E-state index in [1.165, 1.54) is 6.33 Å². The van der Waals surface area contributed by atoms with Crippen molar-refractivity contribution >= 4 is 22.4 Å². The number of para-hydroxylation sites is 1. The maximum atomic E-state index is 12.8. The predicted molar refractivity (Wildman–Crippen MR) is 91.8 cm³/mol. The molecule has 0 saturated carbocycles. The van der Waals surface area contributed by atoms with E-state index in [0.717, 1.165) is 10.9 Å². The Bertz CT molecular complexity index is 1160. The number of ether oxygens (including phenoxy) is 1. The smallest absolute Gasteiger partial charge is 0.378 e. The maximum absolute atomic E-state index is 12.8. The highest BCUT2D eigenvalue weighted by molar-refractivity contribution is 5.93. The largest absolute Gasteiger partial charge is 0.471 e. The Morgan fingerprint density at radius 3 is 2.57 bits per heavy atom. The number of alkyl halides is 3. The van der Waals surface area contributed by atoms with Crippen molar-refractivity contribution in [3.63, 3.8) is 0 Å². The highest BCUT2D eigenvalue weighted by Gasteiger charge is 2.39. The predicted octanol–water partition coefficient (Wildman–Crippen LogP) is 2.79. The summed E-state index contributed by atoms with van der Waals surface area (Å²) in [5.74, 6) is -0.962. The number of morpholine rings is 1. The van der Waals surface area contributed by atoms with Gasteiger partial charge in [-0.05, 0) is 12.1 Å². The van der Waals surface area contributed by atoms with Crippen LogP contribution in [0.2, 0.25) is 0 Å². The summed E-state index contributed by atoms with van der Waals surface area (Å²) in [5.41, 5.74) is 1.31. The van der Waals surface area contributed by atoms with Crippen molar-refractivity contribution in [2.75, 3.05) is 31.2 Å². The lowest BCUT2D eigenvalue weighted by Crippen LogP contribution is -2.37. The molecular formula is C17H13F3N6O2. The van der Waals surface area contributed by atoms with Gasteiger partial charge in [-0.3, -0.25) is 4.40 Å². The maximum Gasteiger partial charge on any atom is 0.471 e. The van der Waals surface area contributed by atoms with Crippen molar-refractivity contribution < 1.29 is 22.4 Å². The van der Waals surface area contributed by atoms with Crippen LogP contribution in [0.3, 0.4) is 0 Å². The normalized spacial score (nSPS) is 15.6. The molecule has 0 atom stereocenters. The highest BCUT2D eigenvalue weighted by atomic mass is 19.4. The number of anilines is 1. The molecule has 28 heavy (non-hydrogen) atoms. The minimum Gasteiger partial charge on any atom is -0.378 e. The topological polar surface area (TPSA) is 81.6 Å². The lowest BCUT2D eigenvalue weighted by Gasteiger charge is -2.29. The van der Waals surface area contributed by atoms with Crippen molar-refractivity contribution in [1.82, 2.24) is 24.5 Å². The number of benzene rings is 1. The van der Waals surface area contributed by atoms with Crippen molar-refractivity contribution in [3.05, 3.63) is 36.5 Å². The minimum atomic E-state index is -4.72. The second-order valence-electron chi connectivity index (χ2n) is 6.26. The van der Waals surface area contributed by atoms with E-state index in [9.17, 15) is 13.2 Å². The lowest BCUT2D eigenvalue weighted by atomic mass is 10.2. The van der Waals surface area contributed by atoms with Crippen LogP contribution in [-0.2, 0) is 10.9 Å². The van der Waals surface area contributed by atoms with Crippen molar-refractivity contribution in [2.45, 2.75) is 6.18 Å². The summed E-state index contributed by atoms with van der Waals surface area (Å²) in [6.45, 7) is 2.48. The molecule has 3 aromatic heterocycles. The van der Waals surface area contributed by atoms with Crippen LogP contribution in [0.15, 0.2) is 35.1 Å². The first-order valence-corrected chi connectivity index (χ1v) is 8.52. The van der Waals surface area contributed by atoms with Gasteiger partial charge in [-0.2, -0.15) is 18.2 Å². The van der Waals surface area contributed by atoms with E-state index >= 15 is 0 Å². The number of fused-ring (bicyclic) bond motifs is 3. The van der Waals surface area contributed by atoms with Gasteiger partial charge < -0.3 is 14.2 Å². The summed E-state index contributed by atoms with van der Waals surface area (Å²) in [6.07, 6.45) is -3.23. The van der Waals surface area contributed by atoms with Gasteiger partial charge in [0.25, 0.3) is 0 Å². The van der Waals surface area contributed by atoms with Crippen LogP contribution >= 0.6 is 0 Å². The zero-order valence-electron chi connectivity index (χ0n) is 14.3. The quantitative estimate of drug-likeness (QED) is 0.521. The van der Waals surface area contributed by atoms with Crippen LogP contribution in [0, 0.1) is 0 Å². The Balaban J connectivity index is 1.72. The Morgan fingerprint density at radius 1 is 1.04 bits per heavy atom. The number of rotatable bonds is 2. The lowest BCUT2D eigenvalue weighted by molar-refractivity contribution is -0.159. The number of hydrogen-bond acceptors (Lipinski definition) is 7. The molecule has 1 aliphatic heterocycles. The number of aromatic nitrogens is 5. The third-order valence-corrected chi connectivity index (χ3v) is 4.55. The second-order valence-corrected chi connectivity index (χ2v) is 6.26. The third kappa shape index (κ3) is 2.66. The fraction of sp³-hybridized carbons (Fsp3) is 0.294. The molecule has 0 unspecified atom stereocenters. The summed E-state index contributed by atoms with van der Waals surface area (Å²) in [5, 5.41) is 4.35. The highest BCUT2D eigenvalue weighted by Crippen LogP contribution is 2.32. The molecule has 0 radical (unpaired) electrons. The average molecular weight is 390 g/mol. The molecule has 1 aliphatic rings. The first-order valence-electron chi connectivity index (χ1n) is 8.52. The first kappa shape index (κ1) is 16.9. The molecule has 8 nitrogen and oxygen atoms in total. The van der Waals surface area contributed by atoms with Gasteiger partial charge in [-0.1, -0.05) is 17.3 Å². The summed E-state index contributed by atoms with van der Waals surface area (Å²) in [7, 11) is 0. The van der Waals surface area contributed by atoms with E-state index in [1.807, 2.05) is 24.3 Å². The molecule has 0 N–H and O–H groups in total. The summed E-state index contributed by atoms with van der Waals surface area (Å²) in [4.78, 5) is 14.4. The number of nitrogens with zero attached hydrogens (tertiary/aromatic N) is 6. The van der Waals surface area contributed by atoms with Crippen LogP contribution in [-0.4, -0.2) is 50.8 Å². The van der Waals surface area contributed by atoms with Gasteiger partial charge in [0.15, 0.2) is 11.3 Å². The van der Waals surface area contributed by atoms with Gasteiger partial charge in [-0.15, -0.1) is 0 Å². The van der Waals surface area contributed by atoms with E-state index in [1.54, 1.807) is 4.40 Å². The minimum absolute atomic E-state index is 0.125. The second kappa shape index (κ2) is 6.16. The van der Waals surface area contributed by atoms with Gasteiger partial charge in [0.05, 0.1) is 18.7 Å². The Morgan fingerprint density at radius 2 is 1.82 bits per heavy atom. The van der Waals surface area contributed by atoms with E-state index < -0.39 is 12.1 Å². The molecule has 144 valence electrons. The SMILES string of the molecule is FC(F)(F)c1nc(-c2ncn3c2nc(N2CCOCC2)c2ccccc23)no1. The molecule has 0 bridgehead atoms. The molecule has 1 fully saturated rings. The Hall–Kier alpha value is -3.21. The zero-order chi connectivity index (χ0) is 19.3. The van der Waals surface area contributed by atoms with E-state index in [0.29, 0.717) is 37.8 Å². The van der Waals surface area contributed by atoms with Gasteiger partial charge >= 0.3 is 12.1 Å². The standard InChI is InChI=1S/C17H13F3N6O2/c18-17(19,20)16-22-13(24-28-16)12-15-23-14(25-5-7-27-8-6-25)10-3-1-2-4-11(10)26(15)9-21-12/h1-4,9H,5-8H2. The van der Waals surface area contributed by atoms with E-state index in [4.69, 9.17) is 9.72 Å². The Kier molecular flexibility index (Phi) is 3.72. The van der Waals surface area contributed by atoms with Crippen LogP contribution in [0.1, 0.15) is 5.89 Å². The van der Waals surface area contributed by atoms with Crippen molar-refractivity contribution in [3.8, 4) is 11.5 Å². The van der Waals surface area contributed by atoms with Crippen LogP contribution < -0.4 is 4.90 Å². The fourth-order valence-electron chi connectivity index (χ4n) is 3.27. The molecular weight excluding hydrogens is 377 g/mol. The first-order chi connectivity index (χ1) is 13.5. The van der Waals surface area contributed by atoms with Crippen molar-refractivity contribution in [2.24, 2.45) is 0 Å². The molecule has 0 spiro atoms. The van der Waals surface area contributed by atoms with Gasteiger partial charge in [0.2, 0.25) is 5.82 Å². The molecule has 0 aliphatic carbocycles. The fourth-order valence-corrected chi connectivity index (χ4v) is 3.27. The third-order valence-electron chi connectivity index (χ3n) is 4.55. The van der Waals surface area contributed by atoms with Gasteiger partial charge in [0.1, 0.15) is 12.1 Å². The van der Waals surface area contributed by atoms with Crippen LogP contribution in [0.5, 0.6) is 0 Å². The summed E-state index contributed by atoms with van der Waals surface area (Å²) in [6, 6.07) is 7.63. The van der Waals surface area contributed by atoms with Gasteiger partial charge in [-0.25, -0.2) is 9.97 Å². The molecule has 4 aromatic rings. The van der Waals surface area contributed by atoms with Crippen molar-refractivity contribution in [1.29, 1.82) is 0 Å². The molecule has 1 aromatic carbocycles. The zero-order valence-corrected chi connectivity index (χ0v) is 14.3. The number of halogens is 3. The van der Waals surface area contributed by atoms with Crippen LogP contribution in [0.25, 0.3) is 28.1 Å². The average Bonchev–Trinajstić information content (AvgIpc) is 3.35. The molecule has 4 heterocycles. The Labute approximate surface area is 155 Å². The molecule has 5 rings (SSSR count). The van der Waals surface area contributed by atoms with E-state index in [-0.39, 0.29) is 11.5 Å². The molecule has 11 heteroatoms. The summed E-state index contributed by atoms with van der Waals surface area (Å²) >= 11 is 0. The van der Waals surface area contributed by atoms with Gasteiger partial charge in [0, 0.05) is 18.5 Å². The summed E-state index contributed by atoms with van der Waals surface area (Å²) < 4.78 is 49.9. The van der Waals surface area contributed by atoms with E-state index in [2.05, 4.69) is 24.5 Å².